The van der Waals surface area contributed by atoms with Gasteiger partial charge in [-0.2, -0.15) is 13.2 Å². The van der Waals surface area contributed by atoms with Crippen LogP contribution in [0.2, 0.25) is 10.0 Å². The first-order valence-electron chi connectivity index (χ1n) is 5.05. The fourth-order valence-electron chi connectivity index (χ4n) is 1.60. The van der Waals surface area contributed by atoms with Gasteiger partial charge >= 0.3 is 6.18 Å². The van der Waals surface area contributed by atoms with E-state index in [1.807, 2.05) is 0 Å². The number of halogens is 5. The summed E-state index contributed by atoms with van der Waals surface area (Å²) in [6, 6.07) is 6.22. The van der Waals surface area contributed by atoms with Crippen LogP contribution in [-0.4, -0.2) is 4.98 Å². The van der Waals surface area contributed by atoms with Gasteiger partial charge in [-0.15, -0.1) is 0 Å². The molecule has 0 aliphatic carbocycles. The highest BCUT2D eigenvalue weighted by Gasteiger charge is 2.35. The second-order valence-electron chi connectivity index (χ2n) is 3.74. The van der Waals surface area contributed by atoms with Gasteiger partial charge in [0.2, 0.25) is 5.56 Å². The van der Waals surface area contributed by atoms with Gasteiger partial charge in [0.1, 0.15) is 5.69 Å². The van der Waals surface area contributed by atoms with E-state index >= 15 is 0 Å². The molecular formula is C12H6Cl2F3NO. The lowest BCUT2D eigenvalue weighted by Crippen LogP contribution is -2.17. The first-order valence-corrected chi connectivity index (χ1v) is 5.80. The lowest BCUT2D eigenvalue weighted by atomic mass is 10.0. The molecule has 1 aromatic carbocycles. The molecule has 1 heterocycles. The number of H-pyrrole nitrogens is 1. The summed E-state index contributed by atoms with van der Waals surface area (Å²) in [6.45, 7) is 0. The number of alkyl halides is 3. The molecule has 2 rings (SSSR count). The predicted octanol–water partition coefficient (Wildman–Crippen LogP) is 4.37. The zero-order valence-corrected chi connectivity index (χ0v) is 10.7. The van der Waals surface area contributed by atoms with Crippen LogP contribution in [-0.2, 0) is 6.18 Å². The minimum absolute atomic E-state index is 0.137. The maximum atomic E-state index is 12.9. The average Bonchev–Trinajstić information content (AvgIpc) is 2.32. The molecule has 0 saturated carbocycles. The van der Waals surface area contributed by atoms with Crippen molar-refractivity contribution in [3.63, 3.8) is 0 Å². The van der Waals surface area contributed by atoms with Crippen molar-refractivity contribution in [2.24, 2.45) is 0 Å². The summed E-state index contributed by atoms with van der Waals surface area (Å²) in [5, 5.41) is 0.377. The highest BCUT2D eigenvalue weighted by molar-refractivity contribution is 6.42. The molecule has 0 saturated heterocycles. The molecule has 0 radical (unpaired) electrons. The van der Waals surface area contributed by atoms with Crippen molar-refractivity contribution < 1.29 is 13.2 Å². The number of aromatic nitrogens is 1. The van der Waals surface area contributed by atoms with E-state index in [-0.39, 0.29) is 21.2 Å². The molecule has 0 fully saturated rings. The lowest BCUT2D eigenvalue weighted by molar-refractivity contribution is -0.140. The van der Waals surface area contributed by atoms with Gasteiger partial charge in [0.05, 0.1) is 10.0 Å². The normalized spacial score (nSPS) is 11.6. The number of nitrogens with one attached hydrogen (secondary N) is 1. The van der Waals surface area contributed by atoms with Gasteiger partial charge in [0, 0.05) is 11.6 Å². The standard InChI is InChI=1S/C12H6Cl2F3NO/c13-8-3-1-6(5-9(8)14)7-2-4-10(19)18-11(7)12(15,16)17/h1-5H,(H,18,19). The molecule has 0 atom stereocenters. The second kappa shape index (κ2) is 4.90. The molecule has 0 spiro atoms. The Bertz CT molecular complexity index is 679. The van der Waals surface area contributed by atoms with Gasteiger partial charge in [-0.3, -0.25) is 4.79 Å². The molecule has 1 aromatic heterocycles. The molecule has 0 bridgehead atoms. The summed E-state index contributed by atoms with van der Waals surface area (Å²) < 4.78 is 38.6. The maximum absolute atomic E-state index is 12.9. The number of benzene rings is 1. The van der Waals surface area contributed by atoms with E-state index in [4.69, 9.17) is 23.2 Å². The Balaban J connectivity index is 2.68. The Morgan fingerprint density at radius 3 is 2.26 bits per heavy atom. The summed E-state index contributed by atoms with van der Waals surface area (Å²) in [5.41, 5.74) is -1.88. The quantitative estimate of drug-likeness (QED) is 0.834. The van der Waals surface area contributed by atoms with Crippen LogP contribution in [0, 0.1) is 0 Å². The van der Waals surface area contributed by atoms with Crippen molar-refractivity contribution in [3.8, 4) is 11.1 Å². The summed E-state index contributed by atoms with van der Waals surface area (Å²) in [4.78, 5) is 12.8. The number of hydrogen-bond acceptors (Lipinski definition) is 1. The Hall–Kier alpha value is -1.46. The Morgan fingerprint density at radius 2 is 1.68 bits per heavy atom. The van der Waals surface area contributed by atoms with Crippen LogP contribution in [0.4, 0.5) is 13.2 Å². The summed E-state index contributed by atoms with van der Waals surface area (Å²) in [7, 11) is 0. The topological polar surface area (TPSA) is 32.9 Å². The van der Waals surface area contributed by atoms with Crippen molar-refractivity contribution >= 4 is 23.2 Å². The van der Waals surface area contributed by atoms with Crippen LogP contribution in [0.1, 0.15) is 5.69 Å². The van der Waals surface area contributed by atoms with E-state index in [1.54, 1.807) is 4.98 Å². The van der Waals surface area contributed by atoms with Crippen LogP contribution < -0.4 is 5.56 Å². The second-order valence-corrected chi connectivity index (χ2v) is 4.55. The number of rotatable bonds is 1. The van der Waals surface area contributed by atoms with Crippen molar-refractivity contribution in [2.75, 3.05) is 0 Å². The summed E-state index contributed by atoms with van der Waals surface area (Å²) >= 11 is 11.5. The highest BCUT2D eigenvalue weighted by atomic mass is 35.5. The lowest BCUT2D eigenvalue weighted by Gasteiger charge is -2.12. The first-order chi connectivity index (χ1) is 8.79. The van der Waals surface area contributed by atoms with E-state index in [2.05, 4.69) is 0 Å². The van der Waals surface area contributed by atoms with Crippen molar-refractivity contribution in [1.82, 2.24) is 4.98 Å². The van der Waals surface area contributed by atoms with E-state index in [1.165, 1.54) is 18.2 Å². The van der Waals surface area contributed by atoms with Gasteiger partial charge in [-0.1, -0.05) is 29.3 Å². The Kier molecular flexibility index (Phi) is 3.60. The fraction of sp³-hybridized carbons (Fsp3) is 0.0833. The SMILES string of the molecule is O=c1ccc(-c2ccc(Cl)c(Cl)c2)c(C(F)(F)F)[nH]1. The zero-order chi connectivity index (χ0) is 14.2. The van der Waals surface area contributed by atoms with Crippen LogP contribution in [0.3, 0.4) is 0 Å². The van der Waals surface area contributed by atoms with Gasteiger partial charge < -0.3 is 4.98 Å². The molecule has 7 heteroatoms. The van der Waals surface area contributed by atoms with Crippen molar-refractivity contribution in [1.29, 1.82) is 0 Å². The van der Waals surface area contributed by atoms with Crippen LogP contribution in [0.15, 0.2) is 35.1 Å². The van der Waals surface area contributed by atoms with Crippen LogP contribution >= 0.6 is 23.2 Å². The van der Waals surface area contributed by atoms with Crippen molar-refractivity contribution in [3.05, 3.63) is 56.4 Å². The number of aromatic amines is 1. The molecule has 100 valence electrons. The smallest absolute Gasteiger partial charge is 0.318 e. The third-order valence-electron chi connectivity index (χ3n) is 2.43. The monoisotopic (exact) mass is 307 g/mol. The molecule has 2 nitrogen and oxygen atoms in total. The van der Waals surface area contributed by atoms with Crippen LogP contribution in [0.25, 0.3) is 11.1 Å². The first kappa shape index (κ1) is 14.0. The summed E-state index contributed by atoms with van der Waals surface area (Å²) in [5.74, 6) is 0. The van der Waals surface area contributed by atoms with Crippen molar-refractivity contribution in [2.45, 2.75) is 6.18 Å². The largest absolute Gasteiger partial charge is 0.431 e. The molecule has 2 aromatic rings. The van der Waals surface area contributed by atoms with E-state index < -0.39 is 17.4 Å². The third kappa shape index (κ3) is 2.93. The maximum Gasteiger partial charge on any atom is 0.431 e. The third-order valence-corrected chi connectivity index (χ3v) is 3.17. The van der Waals surface area contributed by atoms with Gasteiger partial charge in [0.15, 0.2) is 0 Å². The van der Waals surface area contributed by atoms with Crippen LogP contribution in [0.5, 0.6) is 0 Å². The minimum atomic E-state index is -4.66. The predicted molar refractivity (Wildman–Crippen MR) is 67.5 cm³/mol. The van der Waals surface area contributed by atoms with Gasteiger partial charge in [-0.05, 0) is 23.8 Å². The minimum Gasteiger partial charge on any atom is -0.318 e. The number of pyridine rings is 1. The molecule has 1 N–H and O–H groups in total. The molecule has 0 amide bonds. The molecule has 19 heavy (non-hydrogen) atoms. The average molecular weight is 308 g/mol. The van der Waals surface area contributed by atoms with Gasteiger partial charge in [-0.25, -0.2) is 0 Å². The molecular weight excluding hydrogens is 302 g/mol. The molecule has 0 unspecified atom stereocenters. The Morgan fingerprint density at radius 1 is 1.00 bits per heavy atom. The van der Waals surface area contributed by atoms with E-state index in [9.17, 15) is 18.0 Å². The molecule has 0 aliphatic heterocycles. The highest BCUT2D eigenvalue weighted by Crippen LogP contribution is 2.36. The summed E-state index contributed by atoms with van der Waals surface area (Å²) in [6.07, 6.45) is -4.66. The van der Waals surface area contributed by atoms with E-state index in [0.29, 0.717) is 0 Å². The number of hydrogen-bond donors (Lipinski definition) is 1. The van der Waals surface area contributed by atoms with E-state index in [0.717, 1.165) is 12.1 Å². The Labute approximate surface area is 115 Å². The zero-order valence-electron chi connectivity index (χ0n) is 9.18. The molecule has 0 aliphatic rings. The van der Waals surface area contributed by atoms with Gasteiger partial charge in [0.25, 0.3) is 0 Å². The fourth-order valence-corrected chi connectivity index (χ4v) is 1.90.